The van der Waals surface area contributed by atoms with Gasteiger partial charge in [-0.1, -0.05) is 6.92 Å². The van der Waals surface area contributed by atoms with E-state index in [1.54, 1.807) is 36.9 Å². The fourth-order valence-electron chi connectivity index (χ4n) is 3.20. The number of anilines is 2. The molecule has 0 atom stereocenters. The molecule has 1 fully saturated rings. The van der Waals surface area contributed by atoms with E-state index in [9.17, 15) is 13.2 Å². The van der Waals surface area contributed by atoms with E-state index in [4.69, 9.17) is 4.74 Å². The molecule has 152 valence electrons. The molecule has 2 heterocycles. The van der Waals surface area contributed by atoms with Crippen LogP contribution >= 0.6 is 0 Å². The number of sulfonamides is 1. The highest BCUT2D eigenvalue weighted by atomic mass is 32.2. The highest BCUT2D eigenvalue weighted by molar-refractivity contribution is 7.92. The van der Waals surface area contributed by atoms with Crippen LogP contribution in [0.1, 0.15) is 31.7 Å². The van der Waals surface area contributed by atoms with Crippen LogP contribution in [0.3, 0.4) is 0 Å². The molecular formula is C19H26N4O4S. The fourth-order valence-corrected chi connectivity index (χ4v) is 4.45. The minimum Gasteiger partial charge on any atom is -0.381 e. The summed E-state index contributed by atoms with van der Waals surface area (Å²) in [4.78, 5) is 11.7. The molecule has 2 aromatic rings. The molecule has 1 aliphatic rings. The van der Waals surface area contributed by atoms with Gasteiger partial charge in [-0.15, -0.1) is 0 Å². The van der Waals surface area contributed by atoms with Crippen LogP contribution in [-0.2, 0) is 26.1 Å². The molecule has 1 aromatic carbocycles. The zero-order valence-electron chi connectivity index (χ0n) is 16.1. The first-order valence-corrected chi connectivity index (χ1v) is 10.9. The Kier molecular flexibility index (Phi) is 6.35. The van der Waals surface area contributed by atoms with Gasteiger partial charge in [-0.3, -0.25) is 14.2 Å². The molecule has 8 nitrogen and oxygen atoms in total. The number of rotatable bonds is 7. The van der Waals surface area contributed by atoms with E-state index < -0.39 is 10.0 Å². The number of amides is 1. The van der Waals surface area contributed by atoms with Gasteiger partial charge in [0.25, 0.3) is 10.0 Å². The highest BCUT2D eigenvalue weighted by Gasteiger charge is 2.19. The van der Waals surface area contributed by atoms with Crippen LogP contribution < -0.4 is 10.0 Å². The molecular weight excluding hydrogens is 380 g/mol. The van der Waals surface area contributed by atoms with Gasteiger partial charge in [0, 0.05) is 38.1 Å². The zero-order valence-corrected chi connectivity index (χ0v) is 17.0. The average Bonchev–Trinajstić information content (AvgIpc) is 3.08. The summed E-state index contributed by atoms with van der Waals surface area (Å²) in [6.07, 6.45) is 5.56. The number of nitrogens with zero attached hydrogens (tertiary/aromatic N) is 2. The summed E-state index contributed by atoms with van der Waals surface area (Å²) in [5.41, 5.74) is 1.55. The first-order chi connectivity index (χ1) is 13.4. The second-order valence-electron chi connectivity index (χ2n) is 6.99. The van der Waals surface area contributed by atoms with Gasteiger partial charge in [0.15, 0.2) is 0 Å². The summed E-state index contributed by atoms with van der Waals surface area (Å²) in [5, 5.41) is 6.99. The van der Waals surface area contributed by atoms with E-state index >= 15 is 0 Å². The third-order valence-electron chi connectivity index (χ3n) is 4.74. The van der Waals surface area contributed by atoms with Crippen molar-refractivity contribution in [3.8, 4) is 0 Å². The molecule has 2 N–H and O–H groups in total. The molecule has 9 heteroatoms. The van der Waals surface area contributed by atoms with E-state index in [2.05, 4.69) is 15.1 Å². The number of nitrogens with one attached hydrogen (secondary N) is 2. The van der Waals surface area contributed by atoms with Crippen LogP contribution in [0.25, 0.3) is 0 Å². The van der Waals surface area contributed by atoms with Crippen LogP contribution in [0.4, 0.5) is 11.4 Å². The van der Waals surface area contributed by atoms with Crippen molar-refractivity contribution in [3.05, 3.63) is 36.2 Å². The van der Waals surface area contributed by atoms with Crippen molar-refractivity contribution in [2.45, 2.75) is 44.6 Å². The molecule has 28 heavy (non-hydrogen) atoms. The number of ether oxygens (including phenoxy) is 1. The number of aromatic nitrogens is 2. The first kappa shape index (κ1) is 20.3. The lowest BCUT2D eigenvalue weighted by Crippen LogP contribution is -2.20. The molecule has 0 bridgehead atoms. The monoisotopic (exact) mass is 406 g/mol. The summed E-state index contributed by atoms with van der Waals surface area (Å²) in [6, 6.07) is 4.73. The first-order valence-electron chi connectivity index (χ1n) is 9.41. The Balaban J connectivity index is 1.69. The molecule has 0 saturated carbocycles. The molecule has 1 saturated heterocycles. The molecule has 3 rings (SSSR count). The van der Waals surface area contributed by atoms with Gasteiger partial charge in [-0.2, -0.15) is 5.10 Å². The lowest BCUT2D eigenvalue weighted by molar-refractivity contribution is -0.115. The molecule has 0 spiro atoms. The second-order valence-corrected chi connectivity index (χ2v) is 8.65. The molecule has 1 aliphatic heterocycles. The van der Waals surface area contributed by atoms with Crippen molar-refractivity contribution in [2.75, 3.05) is 23.3 Å². The lowest BCUT2D eigenvalue weighted by atomic mass is 10.0. The maximum atomic E-state index is 12.8. The molecule has 1 aromatic heterocycles. The van der Waals surface area contributed by atoms with Crippen molar-refractivity contribution in [1.29, 1.82) is 0 Å². The van der Waals surface area contributed by atoms with Crippen LogP contribution in [0.5, 0.6) is 0 Å². The van der Waals surface area contributed by atoms with Crippen molar-refractivity contribution < 1.29 is 17.9 Å². The molecule has 0 unspecified atom stereocenters. The summed E-state index contributed by atoms with van der Waals surface area (Å²) >= 11 is 0. The summed E-state index contributed by atoms with van der Waals surface area (Å²) in [5.74, 6) is 0.372. The van der Waals surface area contributed by atoms with Crippen LogP contribution in [0.15, 0.2) is 35.5 Å². The van der Waals surface area contributed by atoms with Crippen molar-refractivity contribution in [2.24, 2.45) is 5.92 Å². The Morgan fingerprint density at radius 3 is 2.71 bits per heavy atom. The minimum absolute atomic E-state index is 0.120. The second kappa shape index (κ2) is 8.74. The molecule has 0 aliphatic carbocycles. The van der Waals surface area contributed by atoms with Crippen LogP contribution in [0.2, 0.25) is 0 Å². The Morgan fingerprint density at radius 1 is 1.29 bits per heavy atom. The molecule has 1 amide bonds. The topological polar surface area (TPSA) is 102 Å². The van der Waals surface area contributed by atoms with Crippen molar-refractivity contribution >= 4 is 27.3 Å². The molecule has 0 radical (unpaired) electrons. The number of benzene rings is 1. The number of carbonyl (C=O) groups excluding carboxylic acids is 1. The number of hydrogen-bond acceptors (Lipinski definition) is 5. The maximum absolute atomic E-state index is 12.8. The Morgan fingerprint density at radius 2 is 2.04 bits per heavy atom. The number of carbonyl (C=O) groups is 1. The van der Waals surface area contributed by atoms with Gasteiger partial charge in [0.2, 0.25) is 5.91 Å². The van der Waals surface area contributed by atoms with Gasteiger partial charge in [-0.25, -0.2) is 8.42 Å². The van der Waals surface area contributed by atoms with E-state index in [-0.39, 0.29) is 10.8 Å². The smallest absolute Gasteiger partial charge is 0.262 e. The lowest BCUT2D eigenvalue weighted by Gasteiger charge is -2.21. The summed E-state index contributed by atoms with van der Waals surface area (Å²) < 4.78 is 35.2. The van der Waals surface area contributed by atoms with E-state index in [0.29, 0.717) is 29.3 Å². The fraction of sp³-hybridized carbons (Fsp3) is 0.474. The Hall–Kier alpha value is -2.39. The van der Waals surface area contributed by atoms with Gasteiger partial charge < -0.3 is 10.1 Å². The number of hydrogen-bond donors (Lipinski definition) is 2. The third-order valence-corrected chi connectivity index (χ3v) is 6.28. The minimum atomic E-state index is -3.75. The van der Waals surface area contributed by atoms with E-state index in [1.807, 2.05) is 0 Å². The summed E-state index contributed by atoms with van der Waals surface area (Å²) in [7, 11) is -3.75. The zero-order chi connectivity index (χ0) is 20.1. The standard InChI is InChI=1S/C19H26N4O4S/c1-3-19(24)21-16-4-5-18(14(2)10-16)28(25,26)22-17-11-20-23(13-17)12-15-6-8-27-9-7-15/h4-5,10-11,13,15,22H,3,6-9,12H2,1-2H3,(H,21,24). The third kappa shape index (κ3) is 5.11. The van der Waals surface area contributed by atoms with E-state index in [1.165, 1.54) is 12.3 Å². The van der Waals surface area contributed by atoms with Crippen LogP contribution in [0, 0.1) is 12.8 Å². The summed E-state index contributed by atoms with van der Waals surface area (Å²) in [6.45, 7) is 5.73. The Bertz CT molecular complexity index is 933. The SMILES string of the molecule is CCC(=O)Nc1ccc(S(=O)(=O)Nc2cnn(CC3CCOCC3)c2)c(C)c1. The predicted octanol–water partition coefficient (Wildman–Crippen LogP) is 2.77. The number of aryl methyl sites for hydroxylation is 1. The van der Waals surface area contributed by atoms with E-state index in [0.717, 1.165) is 32.6 Å². The largest absolute Gasteiger partial charge is 0.381 e. The van der Waals surface area contributed by atoms with Crippen molar-refractivity contribution in [1.82, 2.24) is 9.78 Å². The highest BCUT2D eigenvalue weighted by Crippen LogP contribution is 2.23. The average molecular weight is 407 g/mol. The normalized spacial score (nSPS) is 15.4. The van der Waals surface area contributed by atoms with Gasteiger partial charge in [-0.05, 0) is 49.4 Å². The van der Waals surface area contributed by atoms with Gasteiger partial charge in [0.05, 0.1) is 16.8 Å². The van der Waals surface area contributed by atoms with Gasteiger partial charge >= 0.3 is 0 Å². The van der Waals surface area contributed by atoms with Crippen molar-refractivity contribution in [3.63, 3.8) is 0 Å². The van der Waals surface area contributed by atoms with Gasteiger partial charge in [0.1, 0.15) is 0 Å². The maximum Gasteiger partial charge on any atom is 0.262 e. The quantitative estimate of drug-likeness (QED) is 0.736. The van der Waals surface area contributed by atoms with Crippen LogP contribution in [-0.4, -0.2) is 37.3 Å². The Labute approximate surface area is 165 Å². The predicted molar refractivity (Wildman–Crippen MR) is 107 cm³/mol.